The van der Waals surface area contributed by atoms with Gasteiger partial charge in [0.05, 0.1) is 5.75 Å². The Hall–Kier alpha value is -0.980. The first-order valence-electron chi connectivity index (χ1n) is 6.22. The van der Waals surface area contributed by atoms with Crippen LogP contribution in [0.5, 0.6) is 0 Å². The zero-order valence-corrected chi connectivity index (χ0v) is 11.1. The largest absolute Gasteiger partial charge is 0.329 e. The molecular weight excluding hydrogens is 250 g/mol. The minimum absolute atomic E-state index is 0.0112. The van der Waals surface area contributed by atoms with Crippen molar-refractivity contribution in [1.29, 1.82) is 0 Å². The van der Waals surface area contributed by atoms with Crippen LogP contribution >= 0.6 is 0 Å². The fraction of sp³-hybridized carbons (Fsp3) is 0.583. The number of nitrogens with zero attached hydrogens (tertiary/aromatic N) is 2. The van der Waals surface area contributed by atoms with Gasteiger partial charge in [0, 0.05) is 31.5 Å². The van der Waals surface area contributed by atoms with Gasteiger partial charge in [0.2, 0.25) is 10.0 Å². The van der Waals surface area contributed by atoms with Gasteiger partial charge < -0.3 is 5.73 Å². The number of sulfonamides is 1. The van der Waals surface area contributed by atoms with Gasteiger partial charge in [-0.2, -0.15) is 4.31 Å². The molecule has 1 fully saturated rings. The number of piperidine rings is 1. The maximum Gasteiger partial charge on any atom is 0.218 e. The summed E-state index contributed by atoms with van der Waals surface area (Å²) in [5, 5.41) is 0. The molecule has 0 unspecified atom stereocenters. The summed E-state index contributed by atoms with van der Waals surface area (Å²) in [5.41, 5.74) is 6.39. The fourth-order valence-electron chi connectivity index (χ4n) is 2.35. The van der Waals surface area contributed by atoms with E-state index in [2.05, 4.69) is 4.98 Å². The summed E-state index contributed by atoms with van der Waals surface area (Å²) in [6.45, 7) is 0.983. The number of hydrogen-bond donors (Lipinski definition) is 1. The molecule has 1 saturated heterocycles. The molecule has 5 nitrogen and oxygen atoms in total. The molecule has 1 atom stereocenters. The average molecular weight is 269 g/mol. The lowest BCUT2D eigenvalue weighted by Gasteiger charge is -2.33. The highest BCUT2D eigenvalue weighted by atomic mass is 32.2. The Bertz CT molecular complexity index is 475. The van der Waals surface area contributed by atoms with Crippen molar-refractivity contribution < 1.29 is 8.42 Å². The van der Waals surface area contributed by atoms with Crippen molar-refractivity contribution in [2.24, 2.45) is 5.73 Å². The number of aromatic nitrogens is 1. The van der Waals surface area contributed by atoms with E-state index in [0.29, 0.717) is 13.1 Å². The van der Waals surface area contributed by atoms with Gasteiger partial charge in [-0.3, -0.25) is 4.98 Å². The molecule has 2 N–H and O–H groups in total. The van der Waals surface area contributed by atoms with Crippen LogP contribution in [-0.4, -0.2) is 36.8 Å². The monoisotopic (exact) mass is 269 g/mol. The fourth-order valence-corrected chi connectivity index (χ4v) is 4.16. The number of pyridine rings is 1. The van der Waals surface area contributed by atoms with E-state index in [-0.39, 0.29) is 11.8 Å². The predicted octanol–water partition coefficient (Wildman–Crippen LogP) is 0.725. The molecule has 100 valence electrons. The van der Waals surface area contributed by atoms with E-state index in [1.807, 2.05) is 0 Å². The summed E-state index contributed by atoms with van der Waals surface area (Å²) in [6, 6.07) is 3.49. The van der Waals surface area contributed by atoms with Crippen LogP contribution in [-0.2, 0) is 15.8 Å². The van der Waals surface area contributed by atoms with Crippen LogP contribution in [0.4, 0.5) is 0 Å². The third kappa shape index (κ3) is 3.07. The van der Waals surface area contributed by atoms with Gasteiger partial charge in [-0.1, -0.05) is 12.5 Å². The lowest BCUT2D eigenvalue weighted by molar-refractivity contribution is 0.257. The Morgan fingerprint density at radius 3 is 2.94 bits per heavy atom. The second-order valence-electron chi connectivity index (χ2n) is 4.61. The molecular formula is C12H19N3O2S. The molecule has 0 amide bonds. The quantitative estimate of drug-likeness (QED) is 0.874. The molecule has 1 aromatic rings. The molecule has 0 radical (unpaired) electrons. The van der Waals surface area contributed by atoms with E-state index in [9.17, 15) is 8.42 Å². The maximum absolute atomic E-state index is 12.4. The summed E-state index contributed by atoms with van der Waals surface area (Å²) in [4.78, 5) is 3.95. The van der Waals surface area contributed by atoms with Crippen molar-refractivity contribution >= 4 is 10.0 Å². The smallest absolute Gasteiger partial charge is 0.218 e. The Balaban J connectivity index is 2.14. The van der Waals surface area contributed by atoms with E-state index in [1.54, 1.807) is 28.8 Å². The van der Waals surface area contributed by atoms with E-state index in [4.69, 9.17) is 5.73 Å². The van der Waals surface area contributed by atoms with Crippen LogP contribution < -0.4 is 5.73 Å². The molecule has 1 aliphatic heterocycles. The van der Waals surface area contributed by atoms with Gasteiger partial charge >= 0.3 is 0 Å². The van der Waals surface area contributed by atoms with E-state index in [1.165, 1.54) is 0 Å². The zero-order valence-electron chi connectivity index (χ0n) is 10.3. The van der Waals surface area contributed by atoms with Crippen LogP contribution in [0.1, 0.15) is 24.8 Å². The van der Waals surface area contributed by atoms with Crippen molar-refractivity contribution in [1.82, 2.24) is 9.29 Å². The molecule has 1 aromatic heterocycles. The molecule has 0 aliphatic carbocycles. The first kappa shape index (κ1) is 13.5. The number of nitrogens with two attached hydrogens (primary N) is 1. The first-order valence-corrected chi connectivity index (χ1v) is 7.83. The maximum atomic E-state index is 12.4. The van der Waals surface area contributed by atoms with Crippen LogP contribution in [0, 0.1) is 0 Å². The van der Waals surface area contributed by atoms with Crippen LogP contribution in [0.15, 0.2) is 24.5 Å². The molecule has 2 heterocycles. The first-order chi connectivity index (χ1) is 8.63. The summed E-state index contributed by atoms with van der Waals surface area (Å²) in [7, 11) is -3.28. The third-order valence-corrected chi connectivity index (χ3v) is 5.17. The number of hydrogen-bond acceptors (Lipinski definition) is 4. The van der Waals surface area contributed by atoms with Gasteiger partial charge in [0.15, 0.2) is 0 Å². The lowest BCUT2D eigenvalue weighted by atomic mass is 10.1. The molecule has 1 aliphatic rings. The second kappa shape index (κ2) is 5.77. The number of rotatable bonds is 4. The standard InChI is InChI=1S/C12H19N3O2S/c13-8-12-5-1-2-7-15(12)18(16,17)10-11-4-3-6-14-9-11/h3-4,6,9,12H,1-2,5,7-8,10,13H2/t12-/m1/s1. The minimum atomic E-state index is -3.28. The third-order valence-electron chi connectivity index (χ3n) is 3.27. The summed E-state index contributed by atoms with van der Waals surface area (Å²) < 4.78 is 26.3. The van der Waals surface area contributed by atoms with E-state index in [0.717, 1.165) is 24.8 Å². The minimum Gasteiger partial charge on any atom is -0.329 e. The van der Waals surface area contributed by atoms with E-state index < -0.39 is 10.0 Å². The molecule has 18 heavy (non-hydrogen) atoms. The van der Waals surface area contributed by atoms with Crippen molar-refractivity contribution in [3.63, 3.8) is 0 Å². The highest BCUT2D eigenvalue weighted by molar-refractivity contribution is 7.88. The normalized spacial score (nSPS) is 21.9. The predicted molar refractivity (Wildman–Crippen MR) is 70.3 cm³/mol. The second-order valence-corrected chi connectivity index (χ2v) is 6.54. The highest BCUT2D eigenvalue weighted by Crippen LogP contribution is 2.22. The van der Waals surface area contributed by atoms with Crippen LogP contribution in [0.25, 0.3) is 0 Å². The molecule has 0 aromatic carbocycles. The Morgan fingerprint density at radius 1 is 1.44 bits per heavy atom. The van der Waals surface area contributed by atoms with Gasteiger partial charge in [0.25, 0.3) is 0 Å². The average Bonchev–Trinajstić information content (AvgIpc) is 2.39. The van der Waals surface area contributed by atoms with Gasteiger partial charge in [-0.15, -0.1) is 0 Å². The van der Waals surface area contributed by atoms with Gasteiger partial charge in [-0.05, 0) is 24.5 Å². The molecule has 0 saturated carbocycles. The van der Waals surface area contributed by atoms with Crippen molar-refractivity contribution in [2.45, 2.75) is 31.1 Å². The van der Waals surface area contributed by atoms with Crippen molar-refractivity contribution in [3.05, 3.63) is 30.1 Å². The van der Waals surface area contributed by atoms with Crippen LogP contribution in [0.3, 0.4) is 0 Å². The Labute approximate surface area is 108 Å². The van der Waals surface area contributed by atoms with Gasteiger partial charge in [-0.25, -0.2) is 8.42 Å². The zero-order chi connectivity index (χ0) is 13.0. The summed E-state index contributed by atoms with van der Waals surface area (Å²) in [5.74, 6) is 0.0112. The Kier molecular flexibility index (Phi) is 4.31. The summed E-state index contributed by atoms with van der Waals surface area (Å²) >= 11 is 0. The topological polar surface area (TPSA) is 76.3 Å². The molecule has 0 bridgehead atoms. The van der Waals surface area contributed by atoms with Gasteiger partial charge in [0.1, 0.15) is 0 Å². The van der Waals surface area contributed by atoms with Crippen molar-refractivity contribution in [2.75, 3.05) is 13.1 Å². The van der Waals surface area contributed by atoms with Crippen molar-refractivity contribution in [3.8, 4) is 0 Å². The lowest BCUT2D eigenvalue weighted by Crippen LogP contribution is -2.47. The Morgan fingerprint density at radius 2 is 2.28 bits per heavy atom. The van der Waals surface area contributed by atoms with E-state index >= 15 is 0 Å². The molecule has 2 rings (SSSR count). The summed E-state index contributed by atoms with van der Waals surface area (Å²) in [6.07, 6.45) is 6.07. The molecule has 0 spiro atoms. The SMILES string of the molecule is NC[C@H]1CCCCN1S(=O)(=O)Cc1cccnc1. The van der Waals surface area contributed by atoms with Crippen LogP contribution in [0.2, 0.25) is 0 Å². The molecule has 6 heteroatoms. The highest BCUT2D eigenvalue weighted by Gasteiger charge is 2.31.